The highest BCUT2D eigenvalue weighted by Gasteiger charge is 2.22. The lowest BCUT2D eigenvalue weighted by molar-refractivity contribution is 0.181. The number of aryl methyl sites for hydroxylation is 1. The Morgan fingerprint density at radius 1 is 1.32 bits per heavy atom. The van der Waals surface area contributed by atoms with Crippen LogP contribution in [-0.4, -0.2) is 37.0 Å². The normalized spacial score (nSPS) is 12.8. The van der Waals surface area contributed by atoms with Crippen molar-refractivity contribution >= 4 is 10.0 Å². The van der Waals surface area contributed by atoms with Crippen LogP contribution in [0.1, 0.15) is 19.4 Å². The van der Waals surface area contributed by atoms with Crippen LogP contribution in [-0.2, 0) is 10.0 Å². The zero-order valence-electron chi connectivity index (χ0n) is 13.3. The Morgan fingerprint density at radius 3 is 2.41 bits per heavy atom. The number of nitrogens with zero attached hydrogens (tertiary/aromatic N) is 1. The van der Waals surface area contributed by atoms with Crippen molar-refractivity contribution in [3.8, 4) is 11.8 Å². The summed E-state index contributed by atoms with van der Waals surface area (Å²) in [6, 6.07) is 6.68. The van der Waals surface area contributed by atoms with Crippen LogP contribution in [0.25, 0.3) is 0 Å². The molecule has 0 fully saturated rings. The van der Waals surface area contributed by atoms with E-state index in [4.69, 9.17) is 0 Å². The van der Waals surface area contributed by atoms with E-state index in [1.807, 2.05) is 20.8 Å². The van der Waals surface area contributed by atoms with Crippen molar-refractivity contribution in [2.75, 3.05) is 13.1 Å². The summed E-state index contributed by atoms with van der Waals surface area (Å²) in [5.74, 6) is 5.41. The third-order valence-electron chi connectivity index (χ3n) is 3.13. The van der Waals surface area contributed by atoms with Gasteiger partial charge in [-0.1, -0.05) is 49.5 Å². The van der Waals surface area contributed by atoms with Crippen molar-refractivity contribution in [3.05, 3.63) is 42.5 Å². The number of aliphatic hydroxyl groups is 1. The van der Waals surface area contributed by atoms with Crippen molar-refractivity contribution < 1.29 is 13.5 Å². The maximum atomic E-state index is 12.6. The predicted octanol–water partition coefficient (Wildman–Crippen LogP) is 2.19. The predicted molar refractivity (Wildman–Crippen MR) is 88.8 cm³/mol. The van der Waals surface area contributed by atoms with Gasteiger partial charge in [-0.3, -0.25) is 0 Å². The Balaban J connectivity index is 2.98. The van der Waals surface area contributed by atoms with Crippen molar-refractivity contribution in [1.82, 2.24) is 4.31 Å². The maximum Gasteiger partial charge on any atom is 0.244 e. The van der Waals surface area contributed by atoms with Crippen molar-refractivity contribution in [2.45, 2.75) is 31.8 Å². The van der Waals surface area contributed by atoms with Gasteiger partial charge in [0.15, 0.2) is 0 Å². The van der Waals surface area contributed by atoms with Gasteiger partial charge in [-0.25, -0.2) is 8.42 Å². The van der Waals surface area contributed by atoms with Crippen LogP contribution in [0, 0.1) is 24.7 Å². The molecule has 0 aliphatic rings. The fraction of sp³-hybridized carbons (Fsp3) is 0.412. The fourth-order valence-electron chi connectivity index (χ4n) is 1.66. The number of sulfonamides is 1. The van der Waals surface area contributed by atoms with Crippen molar-refractivity contribution in [3.63, 3.8) is 0 Å². The van der Waals surface area contributed by atoms with Crippen LogP contribution in [0.4, 0.5) is 0 Å². The summed E-state index contributed by atoms with van der Waals surface area (Å²) in [6.07, 6.45) is 0.763. The number of rotatable bonds is 6. The molecule has 0 aliphatic carbocycles. The Kier molecular flexibility index (Phi) is 6.82. The number of aliphatic hydroxyl groups excluding tert-OH is 1. The lowest BCUT2D eigenvalue weighted by Gasteiger charge is -2.18. The van der Waals surface area contributed by atoms with E-state index < -0.39 is 16.1 Å². The SMILES string of the molecule is C=CCN(CC#CC(O)C(C)C)S(=O)(=O)c1ccc(C)cc1. The first-order chi connectivity index (χ1) is 10.3. The van der Waals surface area contributed by atoms with E-state index in [-0.39, 0.29) is 23.9 Å². The van der Waals surface area contributed by atoms with E-state index in [1.165, 1.54) is 10.4 Å². The highest BCUT2D eigenvalue weighted by molar-refractivity contribution is 7.89. The average molecular weight is 321 g/mol. The number of benzene rings is 1. The van der Waals surface area contributed by atoms with Gasteiger partial charge >= 0.3 is 0 Å². The van der Waals surface area contributed by atoms with Crippen LogP contribution in [0.3, 0.4) is 0 Å². The Labute approximate surface area is 133 Å². The molecule has 5 heteroatoms. The molecule has 0 saturated carbocycles. The Bertz CT molecular complexity index is 651. The van der Waals surface area contributed by atoms with E-state index in [2.05, 4.69) is 18.4 Å². The highest BCUT2D eigenvalue weighted by Crippen LogP contribution is 2.16. The highest BCUT2D eigenvalue weighted by atomic mass is 32.2. The molecule has 4 nitrogen and oxygen atoms in total. The van der Waals surface area contributed by atoms with Gasteiger partial charge in [0.05, 0.1) is 11.4 Å². The summed E-state index contributed by atoms with van der Waals surface area (Å²) >= 11 is 0. The van der Waals surface area contributed by atoms with Gasteiger partial charge in [-0.2, -0.15) is 4.31 Å². The fourth-order valence-corrected chi connectivity index (χ4v) is 2.97. The molecule has 0 aromatic heterocycles. The van der Waals surface area contributed by atoms with E-state index >= 15 is 0 Å². The van der Waals surface area contributed by atoms with Crippen molar-refractivity contribution in [1.29, 1.82) is 0 Å². The minimum absolute atomic E-state index is 0.00839. The van der Waals surface area contributed by atoms with Crippen LogP contribution in [0.5, 0.6) is 0 Å². The van der Waals surface area contributed by atoms with E-state index in [0.29, 0.717) is 0 Å². The third kappa shape index (κ3) is 4.99. The molecule has 1 aromatic carbocycles. The van der Waals surface area contributed by atoms with Gasteiger partial charge in [0.1, 0.15) is 6.10 Å². The molecule has 1 aromatic rings. The zero-order chi connectivity index (χ0) is 16.8. The monoisotopic (exact) mass is 321 g/mol. The molecule has 0 heterocycles. The summed E-state index contributed by atoms with van der Waals surface area (Å²) in [7, 11) is -3.62. The van der Waals surface area contributed by atoms with Gasteiger partial charge < -0.3 is 5.11 Å². The van der Waals surface area contributed by atoms with Gasteiger partial charge in [-0.05, 0) is 25.0 Å². The molecule has 0 saturated heterocycles. The van der Waals surface area contributed by atoms with Gasteiger partial charge in [0.25, 0.3) is 0 Å². The van der Waals surface area contributed by atoms with E-state index in [9.17, 15) is 13.5 Å². The second-order valence-corrected chi connectivity index (χ2v) is 7.35. The molecule has 0 aliphatic heterocycles. The van der Waals surface area contributed by atoms with Gasteiger partial charge in [0.2, 0.25) is 10.0 Å². The molecule has 1 N–H and O–H groups in total. The van der Waals surface area contributed by atoms with Crippen LogP contribution in [0.15, 0.2) is 41.8 Å². The van der Waals surface area contributed by atoms with E-state index in [1.54, 1.807) is 24.3 Å². The smallest absolute Gasteiger partial charge is 0.244 e. The Morgan fingerprint density at radius 2 is 1.91 bits per heavy atom. The summed E-state index contributed by atoms with van der Waals surface area (Å²) < 4.78 is 26.4. The lowest BCUT2D eigenvalue weighted by atomic mass is 10.1. The summed E-state index contributed by atoms with van der Waals surface area (Å²) in [4.78, 5) is 0.228. The molecule has 0 bridgehead atoms. The second kappa shape index (κ2) is 8.14. The summed E-state index contributed by atoms with van der Waals surface area (Å²) in [5, 5.41) is 9.66. The number of hydrogen-bond donors (Lipinski definition) is 1. The molecular formula is C17H23NO3S. The molecular weight excluding hydrogens is 298 g/mol. The lowest BCUT2D eigenvalue weighted by Crippen LogP contribution is -2.31. The topological polar surface area (TPSA) is 57.6 Å². The second-order valence-electron chi connectivity index (χ2n) is 5.41. The first-order valence-electron chi connectivity index (χ1n) is 7.13. The maximum absolute atomic E-state index is 12.6. The first kappa shape index (κ1) is 18.4. The molecule has 22 heavy (non-hydrogen) atoms. The van der Waals surface area contributed by atoms with Crippen LogP contribution in [0.2, 0.25) is 0 Å². The van der Waals surface area contributed by atoms with Gasteiger partial charge in [0, 0.05) is 6.54 Å². The zero-order valence-corrected chi connectivity index (χ0v) is 14.1. The van der Waals surface area contributed by atoms with Gasteiger partial charge in [-0.15, -0.1) is 6.58 Å². The minimum atomic E-state index is -3.62. The largest absolute Gasteiger partial charge is 0.380 e. The molecule has 1 atom stereocenters. The quantitative estimate of drug-likeness (QED) is 0.645. The summed E-state index contributed by atoms with van der Waals surface area (Å²) in [6.45, 7) is 9.38. The van der Waals surface area contributed by atoms with Crippen molar-refractivity contribution in [2.24, 2.45) is 5.92 Å². The molecule has 0 spiro atoms. The van der Waals surface area contributed by atoms with Crippen LogP contribution >= 0.6 is 0 Å². The molecule has 0 radical (unpaired) electrons. The summed E-state index contributed by atoms with van der Waals surface area (Å²) in [5.41, 5.74) is 0.995. The third-order valence-corrected chi connectivity index (χ3v) is 4.95. The molecule has 1 rings (SSSR count). The first-order valence-corrected chi connectivity index (χ1v) is 8.57. The Hall–Kier alpha value is -1.61. The average Bonchev–Trinajstić information content (AvgIpc) is 2.46. The number of hydrogen-bond acceptors (Lipinski definition) is 3. The minimum Gasteiger partial charge on any atom is -0.380 e. The molecule has 120 valence electrons. The standard InChI is InChI=1S/C17H23NO3S/c1-5-12-18(13-6-7-17(19)14(2)3)22(20,21)16-10-8-15(4)9-11-16/h5,8-11,14,17,19H,1,12-13H2,2-4H3. The molecule has 0 amide bonds. The van der Waals surface area contributed by atoms with E-state index in [0.717, 1.165) is 5.56 Å². The van der Waals surface area contributed by atoms with Crippen LogP contribution < -0.4 is 0 Å². The molecule has 1 unspecified atom stereocenters.